The van der Waals surface area contributed by atoms with Gasteiger partial charge in [0, 0.05) is 23.9 Å². The first-order valence-electron chi connectivity index (χ1n) is 15.3. The van der Waals surface area contributed by atoms with Gasteiger partial charge in [-0.25, -0.2) is 0 Å². The Hall–Kier alpha value is -4.13. The number of aliphatic carboxylic acids is 1. The molecule has 0 unspecified atom stereocenters. The first kappa shape index (κ1) is 33.8. The Morgan fingerprint density at radius 3 is 2.22 bits per heavy atom. The van der Waals surface area contributed by atoms with E-state index in [9.17, 15) is 33.9 Å². The fourth-order valence-corrected chi connectivity index (χ4v) is 6.23. The Labute approximate surface area is 266 Å². The fraction of sp³-hybridized carbons (Fsp3) is 0.548. The molecule has 2 aromatic rings. The summed E-state index contributed by atoms with van der Waals surface area (Å²) in [5.74, 6) is -5.08. The maximum atomic E-state index is 13.9. The molecule has 0 aliphatic carbocycles. The van der Waals surface area contributed by atoms with Crippen LogP contribution in [-0.2, 0) is 35.2 Å². The van der Waals surface area contributed by atoms with Crippen LogP contribution in [-0.4, -0.2) is 87.2 Å². The summed E-state index contributed by atoms with van der Waals surface area (Å²) >= 11 is 6.53. The van der Waals surface area contributed by atoms with Gasteiger partial charge in [0.1, 0.15) is 35.4 Å². The molecule has 14 heteroatoms. The van der Waals surface area contributed by atoms with Gasteiger partial charge in [0.2, 0.25) is 29.5 Å². The largest absolute Gasteiger partial charge is 0.481 e. The molecule has 1 aromatic carbocycles. The lowest BCUT2D eigenvalue weighted by Gasteiger charge is -2.30. The van der Waals surface area contributed by atoms with Crippen molar-refractivity contribution in [3.63, 3.8) is 0 Å². The minimum Gasteiger partial charge on any atom is -0.481 e. The second kappa shape index (κ2) is 14.3. The molecule has 244 valence electrons. The normalized spacial score (nSPS) is 25.4. The van der Waals surface area contributed by atoms with E-state index in [1.54, 1.807) is 19.9 Å². The lowest BCUT2D eigenvalue weighted by molar-refractivity contribution is -0.146. The van der Waals surface area contributed by atoms with Gasteiger partial charge in [0.15, 0.2) is 0 Å². The molecular weight excluding hydrogens is 604 g/mol. The number of aromatic nitrogens is 1. The van der Waals surface area contributed by atoms with E-state index in [1.807, 2.05) is 32.0 Å². The minimum atomic E-state index is -1.52. The van der Waals surface area contributed by atoms with E-state index in [4.69, 9.17) is 11.6 Å². The minimum absolute atomic E-state index is 0.0322. The number of benzene rings is 1. The van der Waals surface area contributed by atoms with Gasteiger partial charge in [-0.05, 0) is 42.7 Å². The summed E-state index contributed by atoms with van der Waals surface area (Å²) in [7, 11) is 0. The van der Waals surface area contributed by atoms with E-state index in [-0.39, 0.29) is 36.4 Å². The van der Waals surface area contributed by atoms with Crippen LogP contribution in [0.2, 0.25) is 5.15 Å². The Morgan fingerprint density at radius 1 is 0.911 bits per heavy atom. The van der Waals surface area contributed by atoms with Gasteiger partial charge in [0.25, 0.3) is 0 Å². The van der Waals surface area contributed by atoms with Crippen molar-refractivity contribution in [1.29, 1.82) is 0 Å². The molecule has 2 fully saturated rings. The second-order valence-electron chi connectivity index (χ2n) is 12.5. The lowest BCUT2D eigenvalue weighted by Crippen LogP contribution is -2.59. The van der Waals surface area contributed by atoms with Crippen molar-refractivity contribution in [2.75, 3.05) is 6.54 Å². The molecule has 5 amide bonds. The van der Waals surface area contributed by atoms with Crippen molar-refractivity contribution in [2.24, 2.45) is 11.8 Å². The second-order valence-corrected chi connectivity index (χ2v) is 12.9. The molecular formula is C31H41ClN6O7. The number of aromatic amines is 1. The first-order chi connectivity index (χ1) is 21.3. The summed E-state index contributed by atoms with van der Waals surface area (Å²) in [4.78, 5) is 84.5. The Balaban J connectivity index is 1.79. The summed E-state index contributed by atoms with van der Waals surface area (Å²) in [6.07, 6.45) is 0.168. The van der Waals surface area contributed by atoms with Crippen molar-refractivity contribution in [2.45, 2.75) is 90.0 Å². The third kappa shape index (κ3) is 7.94. The zero-order chi connectivity index (χ0) is 33.0. The molecule has 3 heterocycles. The number of fused-ring (bicyclic) bond motifs is 2. The number of halogens is 1. The number of rotatable bonds is 7. The van der Waals surface area contributed by atoms with E-state index in [0.29, 0.717) is 23.9 Å². The SMILES string of the molecule is CC(C)C[C@@H]1NC(=O)[C@@H](C(C)C)NC(=O)[C@@H]2CCCN2C(=O)[C@@H](CC(=O)O)NC(=O)[C@H](Cc2c(Cl)[nH]c3ccccc23)NC1=O. The van der Waals surface area contributed by atoms with Crippen LogP contribution in [0, 0.1) is 11.8 Å². The number of amides is 5. The van der Waals surface area contributed by atoms with Crippen LogP contribution in [0.5, 0.6) is 0 Å². The fourth-order valence-electron chi connectivity index (χ4n) is 5.95. The highest BCUT2D eigenvalue weighted by molar-refractivity contribution is 6.31. The van der Waals surface area contributed by atoms with Crippen molar-refractivity contribution in [3.05, 3.63) is 35.0 Å². The molecule has 2 aliphatic rings. The van der Waals surface area contributed by atoms with Crippen molar-refractivity contribution >= 4 is 58.0 Å². The third-order valence-corrected chi connectivity index (χ3v) is 8.54. The summed E-state index contributed by atoms with van der Waals surface area (Å²) < 4.78 is 0. The van der Waals surface area contributed by atoms with Crippen molar-refractivity contribution < 1.29 is 33.9 Å². The monoisotopic (exact) mass is 644 g/mol. The zero-order valence-corrected chi connectivity index (χ0v) is 26.6. The van der Waals surface area contributed by atoms with Crippen LogP contribution in [0.25, 0.3) is 10.9 Å². The Morgan fingerprint density at radius 2 is 1.56 bits per heavy atom. The number of H-pyrrole nitrogens is 1. The average molecular weight is 645 g/mol. The molecule has 13 nitrogen and oxygen atoms in total. The van der Waals surface area contributed by atoms with Gasteiger partial charge in [-0.15, -0.1) is 0 Å². The zero-order valence-electron chi connectivity index (χ0n) is 25.8. The molecule has 5 atom stereocenters. The number of hydrogen-bond acceptors (Lipinski definition) is 6. The highest BCUT2D eigenvalue weighted by Gasteiger charge is 2.41. The standard InChI is InChI=1S/C31H41ClN6O7/c1-15(2)12-20-27(41)34-21(13-18-17-8-5-6-9-19(17)33-26(18)32)28(42)36-22(14-24(39)40)31(45)38-11-7-10-23(38)29(43)37-25(16(3)4)30(44)35-20/h5-6,8-9,15-16,20-23,25,33H,7,10-14H2,1-4H3,(H,34,41)(H,35,44)(H,36,42)(H,37,43)(H,39,40)/t20-,21-,22+,23-,25+/m0/s1. The van der Waals surface area contributed by atoms with E-state index < -0.39 is 72.1 Å². The average Bonchev–Trinajstić information content (AvgIpc) is 3.57. The van der Waals surface area contributed by atoms with Gasteiger partial charge in [-0.2, -0.15) is 0 Å². The van der Waals surface area contributed by atoms with Gasteiger partial charge in [-0.1, -0.05) is 57.5 Å². The number of carboxylic acid groups (broad SMARTS) is 1. The van der Waals surface area contributed by atoms with Gasteiger partial charge < -0.3 is 36.3 Å². The topological polar surface area (TPSA) is 190 Å². The van der Waals surface area contributed by atoms with Crippen molar-refractivity contribution in [1.82, 2.24) is 31.2 Å². The van der Waals surface area contributed by atoms with Crippen LogP contribution in [0.4, 0.5) is 0 Å². The maximum absolute atomic E-state index is 13.9. The van der Waals surface area contributed by atoms with Crippen LogP contribution in [0.15, 0.2) is 24.3 Å². The molecule has 1 aromatic heterocycles. The molecule has 45 heavy (non-hydrogen) atoms. The van der Waals surface area contributed by atoms with E-state index in [1.165, 1.54) is 4.90 Å². The molecule has 4 rings (SSSR count). The van der Waals surface area contributed by atoms with Gasteiger partial charge in [-0.3, -0.25) is 28.8 Å². The third-order valence-electron chi connectivity index (χ3n) is 8.22. The maximum Gasteiger partial charge on any atom is 0.305 e. The smallest absolute Gasteiger partial charge is 0.305 e. The van der Waals surface area contributed by atoms with Crippen LogP contribution >= 0.6 is 11.6 Å². The number of nitrogens with one attached hydrogen (secondary N) is 5. The molecule has 0 radical (unpaired) electrons. The van der Waals surface area contributed by atoms with Crippen LogP contribution < -0.4 is 21.3 Å². The number of carbonyl (C=O) groups is 6. The first-order valence-corrected chi connectivity index (χ1v) is 15.6. The summed E-state index contributed by atoms with van der Waals surface area (Å²) in [6.45, 7) is 7.43. The van der Waals surface area contributed by atoms with Crippen LogP contribution in [0.1, 0.15) is 58.9 Å². The molecule has 0 spiro atoms. The van der Waals surface area contributed by atoms with Gasteiger partial charge >= 0.3 is 5.97 Å². The molecule has 2 aliphatic heterocycles. The lowest BCUT2D eigenvalue weighted by atomic mass is 9.98. The highest BCUT2D eigenvalue weighted by atomic mass is 35.5. The summed E-state index contributed by atoms with van der Waals surface area (Å²) in [5.41, 5.74) is 1.24. The predicted molar refractivity (Wildman–Crippen MR) is 166 cm³/mol. The number of hydrogen-bond donors (Lipinski definition) is 6. The molecule has 6 N–H and O–H groups in total. The number of nitrogens with zero attached hydrogens (tertiary/aromatic N) is 1. The van der Waals surface area contributed by atoms with E-state index >= 15 is 0 Å². The summed E-state index contributed by atoms with van der Waals surface area (Å²) in [5, 5.41) is 21.4. The predicted octanol–water partition coefficient (Wildman–Crippen LogP) is 1.48. The molecule has 0 bridgehead atoms. The molecule has 2 saturated heterocycles. The molecule has 0 saturated carbocycles. The number of carboxylic acids is 1. The van der Waals surface area contributed by atoms with Crippen molar-refractivity contribution in [3.8, 4) is 0 Å². The highest BCUT2D eigenvalue weighted by Crippen LogP contribution is 2.28. The number of para-hydroxylation sites is 1. The van der Waals surface area contributed by atoms with E-state index in [0.717, 1.165) is 5.39 Å². The number of carbonyl (C=O) groups excluding carboxylic acids is 5. The van der Waals surface area contributed by atoms with Gasteiger partial charge in [0.05, 0.1) is 6.42 Å². The Kier molecular flexibility index (Phi) is 10.7. The Bertz CT molecular complexity index is 1470. The quantitative estimate of drug-likeness (QED) is 0.263. The van der Waals surface area contributed by atoms with Crippen LogP contribution in [0.3, 0.4) is 0 Å². The van der Waals surface area contributed by atoms with E-state index in [2.05, 4.69) is 26.3 Å². The summed E-state index contributed by atoms with van der Waals surface area (Å²) in [6, 6.07) is 1.37.